The maximum absolute atomic E-state index is 13.0. The molecule has 2 aliphatic heterocycles. The largest absolute Gasteiger partial charge is 0.462 e. The molecule has 2 heterocycles. The average Bonchev–Trinajstić information content (AvgIpc) is 3.33. The number of rotatable bonds is 43. The molecular formula is C53H98O15. The summed E-state index contributed by atoms with van der Waals surface area (Å²) in [6, 6.07) is 0. The van der Waals surface area contributed by atoms with Gasteiger partial charge in [0.15, 0.2) is 18.7 Å². The number of unbranched alkanes of at least 4 members (excludes halogenated alkanes) is 27. The Balaban J connectivity index is 1.77. The van der Waals surface area contributed by atoms with Crippen LogP contribution < -0.4 is 0 Å². The molecule has 15 heteroatoms. The lowest BCUT2D eigenvalue weighted by Crippen LogP contribution is -2.61. The summed E-state index contributed by atoms with van der Waals surface area (Å²) in [5.74, 6) is -0.916. The topological polar surface area (TPSA) is 231 Å². The molecule has 0 aromatic carbocycles. The van der Waals surface area contributed by atoms with Gasteiger partial charge in [-0.25, -0.2) is 0 Å². The van der Waals surface area contributed by atoms with Gasteiger partial charge < -0.3 is 64.2 Å². The second-order valence-electron chi connectivity index (χ2n) is 19.4. The molecule has 0 bridgehead atoms. The summed E-state index contributed by atoms with van der Waals surface area (Å²) in [6.07, 6.45) is 23.8. The van der Waals surface area contributed by atoms with Gasteiger partial charge in [-0.05, 0) is 38.5 Å². The van der Waals surface area contributed by atoms with Crippen molar-refractivity contribution in [3.63, 3.8) is 0 Å². The summed E-state index contributed by atoms with van der Waals surface area (Å²) in [5, 5.41) is 72.1. The van der Waals surface area contributed by atoms with Gasteiger partial charge in [0.25, 0.3) is 0 Å². The fourth-order valence-electron chi connectivity index (χ4n) is 8.74. The normalized spacial score (nSPS) is 25.8. The molecule has 0 saturated carbocycles. The van der Waals surface area contributed by atoms with E-state index in [2.05, 4.69) is 26.0 Å². The smallest absolute Gasteiger partial charge is 0.306 e. The van der Waals surface area contributed by atoms with Gasteiger partial charge in [0.2, 0.25) is 0 Å². The van der Waals surface area contributed by atoms with Crippen LogP contribution in [-0.2, 0) is 38.0 Å². The Labute approximate surface area is 410 Å². The fraction of sp³-hybridized carbons (Fsp3) is 0.925. The Bertz CT molecular complexity index is 1240. The number of ether oxygens (including phenoxy) is 6. The van der Waals surface area contributed by atoms with E-state index in [1.807, 2.05) is 0 Å². The summed E-state index contributed by atoms with van der Waals surface area (Å²) in [6.45, 7) is 2.61. The first kappa shape index (κ1) is 62.4. The maximum atomic E-state index is 13.0. The molecule has 15 nitrogen and oxygen atoms in total. The highest BCUT2D eigenvalue weighted by molar-refractivity contribution is 5.70. The summed E-state index contributed by atoms with van der Waals surface area (Å²) >= 11 is 0. The van der Waals surface area contributed by atoms with E-state index in [0.29, 0.717) is 12.8 Å². The minimum absolute atomic E-state index is 0.167. The third kappa shape index (κ3) is 28.3. The molecule has 68 heavy (non-hydrogen) atoms. The Morgan fingerprint density at radius 3 is 1.29 bits per heavy atom. The van der Waals surface area contributed by atoms with Crippen LogP contribution in [0.15, 0.2) is 12.2 Å². The van der Waals surface area contributed by atoms with Crippen molar-refractivity contribution < 1.29 is 73.8 Å². The van der Waals surface area contributed by atoms with Gasteiger partial charge in [0.1, 0.15) is 55.4 Å². The summed E-state index contributed by atoms with van der Waals surface area (Å²) < 4.78 is 33.6. The number of carbonyl (C=O) groups excluding carboxylic acids is 2. The predicted molar refractivity (Wildman–Crippen MR) is 261 cm³/mol. The minimum atomic E-state index is -1.76. The molecule has 0 radical (unpaired) electrons. The first-order valence-corrected chi connectivity index (χ1v) is 27.3. The van der Waals surface area contributed by atoms with E-state index in [1.54, 1.807) is 0 Å². The van der Waals surface area contributed by atoms with Gasteiger partial charge in [-0.3, -0.25) is 9.59 Å². The number of esters is 2. The molecule has 2 saturated heterocycles. The Morgan fingerprint density at radius 1 is 0.456 bits per heavy atom. The van der Waals surface area contributed by atoms with Crippen molar-refractivity contribution in [2.75, 3.05) is 26.4 Å². The van der Waals surface area contributed by atoms with E-state index in [0.717, 1.165) is 44.9 Å². The molecule has 0 aromatic heterocycles. The van der Waals surface area contributed by atoms with Crippen molar-refractivity contribution in [1.82, 2.24) is 0 Å². The van der Waals surface area contributed by atoms with Crippen LogP contribution in [0.5, 0.6) is 0 Å². The molecule has 2 rings (SSSR count). The van der Waals surface area contributed by atoms with Gasteiger partial charge in [-0.15, -0.1) is 0 Å². The van der Waals surface area contributed by atoms with Crippen molar-refractivity contribution >= 4 is 11.9 Å². The Morgan fingerprint density at radius 2 is 0.838 bits per heavy atom. The molecule has 0 aromatic rings. The zero-order valence-corrected chi connectivity index (χ0v) is 42.4. The Hall–Kier alpha value is -1.76. The molecule has 0 amide bonds. The molecule has 2 aliphatic rings. The highest BCUT2D eigenvalue weighted by Gasteiger charge is 2.47. The first-order valence-electron chi connectivity index (χ1n) is 27.3. The van der Waals surface area contributed by atoms with Crippen LogP contribution in [-0.4, -0.2) is 142 Å². The standard InChI is InChI=1S/C53H98O15/c1-3-5-7-9-11-13-15-17-18-19-20-21-22-24-26-28-30-32-34-36-45(56)66-41(38-63-44(55)35-33-31-29-27-25-23-16-14-12-10-8-6-4-2)39-64-52-51(62)49(60)47(58)43(68-52)40-65-53-50(61)48(59)46(57)42(37-54)67-53/h17-18,41-43,46-54,57-62H,3-16,19-40H2,1-2H3/b18-17-. The van der Waals surface area contributed by atoms with Crippen molar-refractivity contribution in [3.8, 4) is 0 Å². The fourth-order valence-corrected chi connectivity index (χ4v) is 8.74. The second-order valence-corrected chi connectivity index (χ2v) is 19.4. The van der Waals surface area contributed by atoms with Gasteiger partial charge >= 0.3 is 11.9 Å². The SMILES string of the molecule is CCCCCCCC/C=C\CCCCCCCCCCCC(=O)OC(COC(=O)CCCCCCCCCCCCCCC)COC1OC(COC2OC(CO)C(O)C(O)C2O)C(O)C(O)C1O. The number of allylic oxidation sites excluding steroid dienone is 2. The molecule has 0 spiro atoms. The van der Waals surface area contributed by atoms with Crippen molar-refractivity contribution in [2.45, 2.75) is 287 Å². The van der Waals surface area contributed by atoms with Gasteiger partial charge in [0.05, 0.1) is 19.8 Å². The molecule has 0 aliphatic carbocycles. The van der Waals surface area contributed by atoms with Crippen molar-refractivity contribution in [1.29, 1.82) is 0 Å². The zero-order chi connectivity index (χ0) is 49.6. The van der Waals surface area contributed by atoms with Crippen LogP contribution in [0.4, 0.5) is 0 Å². The van der Waals surface area contributed by atoms with E-state index in [4.69, 9.17) is 28.4 Å². The maximum Gasteiger partial charge on any atom is 0.306 e. The molecule has 11 atom stereocenters. The monoisotopic (exact) mass is 975 g/mol. The van der Waals surface area contributed by atoms with E-state index in [9.17, 15) is 45.3 Å². The third-order valence-corrected chi connectivity index (χ3v) is 13.2. The van der Waals surface area contributed by atoms with Gasteiger partial charge in [-0.2, -0.15) is 0 Å². The Kier molecular flexibility index (Phi) is 37.4. The average molecular weight is 975 g/mol. The van der Waals surface area contributed by atoms with E-state index >= 15 is 0 Å². The number of hydrogen-bond donors (Lipinski definition) is 7. The summed E-state index contributed by atoms with van der Waals surface area (Å²) in [7, 11) is 0. The molecular weight excluding hydrogens is 877 g/mol. The van der Waals surface area contributed by atoms with Crippen LogP contribution in [0.2, 0.25) is 0 Å². The molecule has 400 valence electrons. The van der Waals surface area contributed by atoms with Crippen molar-refractivity contribution in [3.05, 3.63) is 12.2 Å². The number of carbonyl (C=O) groups is 2. The van der Waals surface area contributed by atoms with Crippen LogP contribution in [0.25, 0.3) is 0 Å². The van der Waals surface area contributed by atoms with E-state index in [-0.39, 0.29) is 26.1 Å². The van der Waals surface area contributed by atoms with Crippen LogP contribution in [0, 0.1) is 0 Å². The quantitative estimate of drug-likeness (QED) is 0.0174. The lowest BCUT2D eigenvalue weighted by molar-refractivity contribution is -0.332. The van der Waals surface area contributed by atoms with E-state index < -0.39 is 92.7 Å². The third-order valence-electron chi connectivity index (χ3n) is 13.2. The minimum Gasteiger partial charge on any atom is -0.462 e. The van der Waals surface area contributed by atoms with Gasteiger partial charge in [-0.1, -0.05) is 180 Å². The van der Waals surface area contributed by atoms with Crippen molar-refractivity contribution in [2.24, 2.45) is 0 Å². The lowest BCUT2D eigenvalue weighted by Gasteiger charge is -2.42. The molecule has 7 N–H and O–H groups in total. The zero-order valence-electron chi connectivity index (χ0n) is 42.4. The van der Waals surface area contributed by atoms with Crippen LogP contribution in [0.1, 0.15) is 219 Å². The highest BCUT2D eigenvalue weighted by atomic mass is 16.7. The number of aliphatic hydroxyl groups excluding tert-OH is 7. The van der Waals surface area contributed by atoms with E-state index in [1.165, 1.54) is 135 Å². The molecule has 11 unspecified atom stereocenters. The highest BCUT2D eigenvalue weighted by Crippen LogP contribution is 2.27. The predicted octanol–water partition coefficient (Wildman–Crippen LogP) is 8.16. The van der Waals surface area contributed by atoms with Gasteiger partial charge in [0, 0.05) is 12.8 Å². The molecule has 2 fully saturated rings. The number of hydrogen-bond acceptors (Lipinski definition) is 15. The lowest BCUT2D eigenvalue weighted by atomic mass is 9.98. The summed E-state index contributed by atoms with van der Waals surface area (Å²) in [5.41, 5.74) is 0. The summed E-state index contributed by atoms with van der Waals surface area (Å²) in [4.78, 5) is 25.8. The van der Waals surface area contributed by atoms with Crippen LogP contribution in [0.3, 0.4) is 0 Å². The second kappa shape index (κ2) is 40.8. The van der Waals surface area contributed by atoms with Crippen LogP contribution >= 0.6 is 0 Å². The first-order chi connectivity index (χ1) is 33.0. The number of aliphatic hydroxyl groups is 7.